The molecule has 0 radical (unpaired) electrons. The lowest BCUT2D eigenvalue weighted by atomic mass is 10.0. The van der Waals surface area contributed by atoms with Crippen LogP contribution in [-0.4, -0.2) is 38.2 Å². The first kappa shape index (κ1) is 15.5. The molecule has 0 saturated heterocycles. The molecule has 1 aliphatic rings. The predicted molar refractivity (Wildman–Crippen MR) is 87.5 cm³/mol. The van der Waals surface area contributed by atoms with E-state index in [1.807, 2.05) is 30.8 Å². The van der Waals surface area contributed by atoms with Crippen molar-refractivity contribution in [2.45, 2.75) is 45.7 Å². The normalized spacial score (nSPS) is 15.2. The molecule has 1 atom stereocenters. The number of nitrogens with one attached hydrogen (secondary N) is 2. The van der Waals surface area contributed by atoms with Crippen LogP contribution >= 0.6 is 0 Å². The number of hydrogen-bond donors (Lipinski definition) is 2. The predicted octanol–water partition coefficient (Wildman–Crippen LogP) is 1.58. The average molecular weight is 314 g/mol. The van der Waals surface area contributed by atoms with Gasteiger partial charge >= 0.3 is 0 Å². The van der Waals surface area contributed by atoms with Gasteiger partial charge in [-0.1, -0.05) is 13.8 Å². The Labute approximate surface area is 135 Å². The summed E-state index contributed by atoms with van der Waals surface area (Å²) in [6, 6.07) is 2.04. The Morgan fingerprint density at radius 2 is 2.17 bits per heavy atom. The molecule has 2 N–H and O–H groups in total. The minimum atomic E-state index is -0.113. The van der Waals surface area contributed by atoms with Crippen molar-refractivity contribution < 1.29 is 4.79 Å². The van der Waals surface area contributed by atoms with Crippen molar-refractivity contribution in [3.05, 3.63) is 35.5 Å². The number of aromatic nitrogens is 4. The van der Waals surface area contributed by atoms with Gasteiger partial charge in [-0.2, -0.15) is 5.10 Å². The highest BCUT2D eigenvalue weighted by atomic mass is 16.1. The molecule has 2 aromatic rings. The second kappa shape index (κ2) is 6.36. The van der Waals surface area contributed by atoms with Crippen LogP contribution < -0.4 is 10.6 Å². The molecule has 2 aromatic heterocycles. The van der Waals surface area contributed by atoms with Crippen LogP contribution in [0.25, 0.3) is 0 Å². The zero-order chi connectivity index (χ0) is 16.4. The highest BCUT2D eigenvalue weighted by Gasteiger charge is 2.25. The van der Waals surface area contributed by atoms with Crippen LogP contribution in [0.3, 0.4) is 0 Å². The maximum atomic E-state index is 12.1. The van der Waals surface area contributed by atoms with Crippen LogP contribution in [0, 0.1) is 0 Å². The fourth-order valence-corrected chi connectivity index (χ4v) is 2.66. The molecule has 0 fully saturated rings. The van der Waals surface area contributed by atoms with E-state index in [2.05, 4.69) is 32.6 Å². The second-order valence-electron chi connectivity index (χ2n) is 6.19. The van der Waals surface area contributed by atoms with Crippen LogP contribution in [0.2, 0.25) is 0 Å². The molecule has 122 valence electrons. The van der Waals surface area contributed by atoms with Gasteiger partial charge in [-0.25, -0.2) is 9.97 Å². The summed E-state index contributed by atoms with van der Waals surface area (Å²) in [4.78, 5) is 21.2. The number of amides is 1. The smallest absolute Gasteiger partial charge is 0.270 e. The third-order valence-corrected chi connectivity index (χ3v) is 3.82. The van der Waals surface area contributed by atoms with Crippen molar-refractivity contribution >= 4 is 11.7 Å². The summed E-state index contributed by atoms with van der Waals surface area (Å²) in [5.74, 6) is 1.51. The number of fused-ring (bicyclic) bond motifs is 1. The Balaban J connectivity index is 1.89. The van der Waals surface area contributed by atoms with Gasteiger partial charge in [0.1, 0.15) is 17.3 Å². The molecule has 0 bridgehead atoms. The van der Waals surface area contributed by atoms with Gasteiger partial charge in [-0.15, -0.1) is 0 Å². The van der Waals surface area contributed by atoms with E-state index < -0.39 is 0 Å². The molecule has 1 amide bonds. The first-order chi connectivity index (χ1) is 11.0. The summed E-state index contributed by atoms with van der Waals surface area (Å²) in [6.07, 6.45) is 4.44. The Bertz CT molecular complexity index is 695. The molecule has 0 aromatic carbocycles. The third kappa shape index (κ3) is 3.33. The molecule has 7 nitrogen and oxygen atoms in total. The number of carbonyl (C=O) groups is 1. The minimum absolute atomic E-state index is 0.113. The van der Waals surface area contributed by atoms with Gasteiger partial charge in [0.15, 0.2) is 0 Å². The molecule has 7 heteroatoms. The van der Waals surface area contributed by atoms with Crippen LogP contribution in [0.1, 0.15) is 48.6 Å². The Morgan fingerprint density at radius 1 is 1.35 bits per heavy atom. The van der Waals surface area contributed by atoms with Gasteiger partial charge in [-0.05, 0) is 19.4 Å². The topological polar surface area (TPSA) is 84.7 Å². The Kier molecular flexibility index (Phi) is 4.27. The Morgan fingerprint density at radius 3 is 2.87 bits per heavy atom. The van der Waals surface area contributed by atoms with E-state index in [1.54, 1.807) is 6.20 Å². The van der Waals surface area contributed by atoms with Gasteiger partial charge in [0.2, 0.25) is 0 Å². The average Bonchev–Trinajstić information content (AvgIpc) is 3.00. The van der Waals surface area contributed by atoms with Crippen LogP contribution in [0.4, 0.5) is 5.82 Å². The zero-order valence-electron chi connectivity index (χ0n) is 13.7. The van der Waals surface area contributed by atoms with Crippen LogP contribution in [0.5, 0.6) is 0 Å². The molecule has 3 heterocycles. The number of hydrogen-bond acceptors (Lipinski definition) is 5. The van der Waals surface area contributed by atoms with Crippen molar-refractivity contribution in [2.75, 3.05) is 11.9 Å². The van der Waals surface area contributed by atoms with E-state index >= 15 is 0 Å². The van der Waals surface area contributed by atoms with Crippen molar-refractivity contribution in [3.63, 3.8) is 0 Å². The fraction of sp³-hybridized carbons (Fsp3) is 0.500. The largest absolute Gasteiger partial charge is 0.365 e. The standard InChI is InChI=1S/C16H22N6O/c1-10(2)14-20-13-12(5-7-17-16(13)23)15(21-14)19-11(3)9-22-8-4-6-18-22/h4,6,8,10-11H,5,7,9H2,1-3H3,(H,17,23)(H,19,20,21). The molecule has 0 aliphatic carbocycles. The summed E-state index contributed by atoms with van der Waals surface area (Å²) in [5, 5.41) is 10.5. The molecule has 23 heavy (non-hydrogen) atoms. The van der Waals surface area contributed by atoms with Gasteiger partial charge in [0.25, 0.3) is 5.91 Å². The summed E-state index contributed by atoms with van der Waals surface area (Å²) in [5.41, 5.74) is 1.41. The van der Waals surface area contributed by atoms with E-state index in [4.69, 9.17) is 0 Å². The number of rotatable bonds is 5. The number of carbonyl (C=O) groups excluding carboxylic acids is 1. The Hall–Kier alpha value is -2.44. The van der Waals surface area contributed by atoms with Crippen molar-refractivity contribution in [1.82, 2.24) is 25.1 Å². The maximum Gasteiger partial charge on any atom is 0.270 e. The van der Waals surface area contributed by atoms with Gasteiger partial charge < -0.3 is 10.6 Å². The summed E-state index contributed by atoms with van der Waals surface area (Å²) < 4.78 is 1.88. The maximum absolute atomic E-state index is 12.1. The second-order valence-corrected chi connectivity index (χ2v) is 6.19. The summed E-state index contributed by atoms with van der Waals surface area (Å²) in [7, 11) is 0. The molecule has 0 saturated carbocycles. The van der Waals surface area contributed by atoms with E-state index in [-0.39, 0.29) is 17.9 Å². The monoisotopic (exact) mass is 314 g/mol. The van der Waals surface area contributed by atoms with Gasteiger partial charge in [0.05, 0.1) is 6.54 Å². The third-order valence-electron chi connectivity index (χ3n) is 3.82. The SMILES string of the molecule is CC(Cn1cccn1)Nc1nc(C(C)C)nc2c1CCNC2=O. The minimum Gasteiger partial charge on any atom is -0.365 e. The first-order valence-corrected chi connectivity index (χ1v) is 7.97. The molecule has 3 rings (SSSR count). The summed E-state index contributed by atoms with van der Waals surface area (Å²) in [6.45, 7) is 7.49. The van der Waals surface area contributed by atoms with Crippen molar-refractivity contribution in [2.24, 2.45) is 0 Å². The lowest BCUT2D eigenvalue weighted by molar-refractivity contribution is 0.0940. The van der Waals surface area contributed by atoms with E-state index in [0.717, 1.165) is 24.3 Å². The molecule has 0 spiro atoms. The first-order valence-electron chi connectivity index (χ1n) is 7.97. The number of nitrogens with zero attached hydrogens (tertiary/aromatic N) is 4. The number of anilines is 1. The van der Waals surface area contributed by atoms with E-state index in [0.29, 0.717) is 18.1 Å². The fourth-order valence-electron chi connectivity index (χ4n) is 2.66. The lowest BCUT2D eigenvalue weighted by Crippen LogP contribution is -2.35. The van der Waals surface area contributed by atoms with E-state index in [9.17, 15) is 4.79 Å². The van der Waals surface area contributed by atoms with Crippen molar-refractivity contribution in [1.29, 1.82) is 0 Å². The molecule has 1 aliphatic heterocycles. The van der Waals surface area contributed by atoms with E-state index in [1.165, 1.54) is 0 Å². The molecular formula is C16H22N6O. The molecular weight excluding hydrogens is 292 g/mol. The lowest BCUT2D eigenvalue weighted by Gasteiger charge is -2.23. The highest BCUT2D eigenvalue weighted by molar-refractivity contribution is 5.96. The van der Waals surface area contributed by atoms with Gasteiger partial charge in [0, 0.05) is 36.5 Å². The highest BCUT2D eigenvalue weighted by Crippen LogP contribution is 2.23. The zero-order valence-corrected chi connectivity index (χ0v) is 13.7. The van der Waals surface area contributed by atoms with Gasteiger partial charge in [-0.3, -0.25) is 9.48 Å². The van der Waals surface area contributed by atoms with Crippen LogP contribution in [-0.2, 0) is 13.0 Å². The molecule has 1 unspecified atom stereocenters. The van der Waals surface area contributed by atoms with Crippen molar-refractivity contribution in [3.8, 4) is 0 Å². The quantitative estimate of drug-likeness (QED) is 0.875. The van der Waals surface area contributed by atoms with Crippen LogP contribution in [0.15, 0.2) is 18.5 Å². The summed E-state index contributed by atoms with van der Waals surface area (Å²) >= 11 is 0.